The van der Waals surface area contributed by atoms with Crippen molar-refractivity contribution in [3.63, 3.8) is 0 Å². The van der Waals surface area contributed by atoms with E-state index in [2.05, 4.69) is 42.5 Å². The molecule has 0 fully saturated rings. The summed E-state index contributed by atoms with van der Waals surface area (Å²) in [6.45, 7) is 6.90. The third kappa shape index (κ3) is 2.87. The van der Waals surface area contributed by atoms with Crippen LogP contribution in [0.5, 0.6) is 5.75 Å². The molecule has 0 saturated carbocycles. The largest absolute Gasteiger partial charge is 0.487 e. The van der Waals surface area contributed by atoms with Crippen molar-refractivity contribution in [2.24, 2.45) is 0 Å². The van der Waals surface area contributed by atoms with E-state index in [0.717, 1.165) is 11.4 Å². The number of aromatic nitrogens is 2. The summed E-state index contributed by atoms with van der Waals surface area (Å²) < 4.78 is 7.85. The summed E-state index contributed by atoms with van der Waals surface area (Å²) in [6.07, 6.45) is 3.70. The Morgan fingerprint density at radius 2 is 1.94 bits per heavy atom. The summed E-state index contributed by atoms with van der Waals surface area (Å²) in [7, 11) is 0. The second-order valence-corrected chi connectivity index (χ2v) is 4.49. The van der Waals surface area contributed by atoms with Crippen LogP contribution in [0.2, 0.25) is 0 Å². The minimum absolute atomic E-state index is 0.411. The number of nitrogens with zero attached hydrogens (tertiary/aromatic N) is 2. The zero-order valence-corrected chi connectivity index (χ0v) is 10.6. The van der Waals surface area contributed by atoms with Crippen molar-refractivity contribution in [3.8, 4) is 5.75 Å². The van der Waals surface area contributed by atoms with E-state index in [0.29, 0.717) is 12.6 Å². The Bertz CT molecular complexity index is 471. The highest BCUT2D eigenvalue weighted by atomic mass is 16.5. The van der Waals surface area contributed by atoms with Crippen molar-refractivity contribution >= 4 is 0 Å². The standard InChI is InChI=1S/C14H18N2O/c1-11(2)16-10-15-8-13(16)9-17-14-6-4-12(3)5-7-14/h4-8,10-11H,9H2,1-3H3. The molecule has 0 bridgehead atoms. The van der Waals surface area contributed by atoms with Gasteiger partial charge >= 0.3 is 0 Å². The second-order valence-electron chi connectivity index (χ2n) is 4.49. The van der Waals surface area contributed by atoms with E-state index in [1.807, 2.05) is 24.7 Å². The average molecular weight is 230 g/mol. The van der Waals surface area contributed by atoms with Crippen molar-refractivity contribution in [1.82, 2.24) is 9.55 Å². The number of benzene rings is 1. The van der Waals surface area contributed by atoms with Gasteiger partial charge in [-0.25, -0.2) is 4.98 Å². The van der Waals surface area contributed by atoms with E-state index in [9.17, 15) is 0 Å². The molecule has 0 saturated heterocycles. The van der Waals surface area contributed by atoms with Crippen LogP contribution in [-0.4, -0.2) is 9.55 Å². The number of ether oxygens (including phenoxy) is 1. The molecular weight excluding hydrogens is 212 g/mol. The van der Waals surface area contributed by atoms with Crippen LogP contribution in [-0.2, 0) is 6.61 Å². The quantitative estimate of drug-likeness (QED) is 0.805. The first-order valence-corrected chi connectivity index (χ1v) is 5.87. The van der Waals surface area contributed by atoms with Crippen LogP contribution in [0.4, 0.5) is 0 Å². The number of hydrogen-bond donors (Lipinski definition) is 0. The number of imidazole rings is 1. The van der Waals surface area contributed by atoms with E-state index < -0.39 is 0 Å². The number of aryl methyl sites for hydroxylation is 1. The molecule has 3 heteroatoms. The normalized spacial score (nSPS) is 10.8. The van der Waals surface area contributed by atoms with Gasteiger partial charge in [0.1, 0.15) is 12.4 Å². The first kappa shape index (κ1) is 11.7. The fourth-order valence-corrected chi connectivity index (χ4v) is 1.70. The Kier molecular flexibility index (Phi) is 3.47. The van der Waals surface area contributed by atoms with E-state index in [1.165, 1.54) is 5.56 Å². The molecule has 0 aliphatic rings. The Morgan fingerprint density at radius 3 is 2.59 bits per heavy atom. The Hall–Kier alpha value is -1.77. The predicted molar refractivity (Wildman–Crippen MR) is 68.1 cm³/mol. The highest BCUT2D eigenvalue weighted by Gasteiger charge is 2.05. The summed E-state index contributed by atoms with van der Waals surface area (Å²) >= 11 is 0. The third-order valence-electron chi connectivity index (χ3n) is 2.71. The van der Waals surface area contributed by atoms with Crippen molar-refractivity contribution < 1.29 is 4.74 Å². The molecule has 1 heterocycles. The Balaban J connectivity index is 2.02. The van der Waals surface area contributed by atoms with Crippen LogP contribution in [0, 0.1) is 6.92 Å². The number of hydrogen-bond acceptors (Lipinski definition) is 2. The van der Waals surface area contributed by atoms with Crippen LogP contribution in [0.25, 0.3) is 0 Å². The van der Waals surface area contributed by atoms with Crippen molar-refractivity contribution in [1.29, 1.82) is 0 Å². The van der Waals surface area contributed by atoms with Gasteiger partial charge in [0.05, 0.1) is 18.2 Å². The van der Waals surface area contributed by atoms with Gasteiger partial charge in [-0.1, -0.05) is 17.7 Å². The molecular formula is C14H18N2O. The predicted octanol–water partition coefficient (Wildman–Crippen LogP) is 3.35. The van der Waals surface area contributed by atoms with Gasteiger partial charge in [0.2, 0.25) is 0 Å². The van der Waals surface area contributed by atoms with Crippen LogP contribution in [0.1, 0.15) is 31.1 Å². The van der Waals surface area contributed by atoms with Gasteiger partial charge < -0.3 is 9.30 Å². The molecule has 2 rings (SSSR count). The molecule has 0 unspecified atom stereocenters. The Morgan fingerprint density at radius 1 is 1.24 bits per heavy atom. The van der Waals surface area contributed by atoms with Crippen LogP contribution in [0.15, 0.2) is 36.8 Å². The smallest absolute Gasteiger partial charge is 0.130 e. The molecule has 0 amide bonds. The van der Waals surface area contributed by atoms with Crippen molar-refractivity contribution in [2.75, 3.05) is 0 Å². The molecule has 0 spiro atoms. The molecule has 90 valence electrons. The van der Waals surface area contributed by atoms with Gasteiger partial charge in [-0.3, -0.25) is 0 Å². The lowest BCUT2D eigenvalue weighted by Gasteiger charge is -2.12. The molecule has 17 heavy (non-hydrogen) atoms. The fraction of sp³-hybridized carbons (Fsp3) is 0.357. The average Bonchev–Trinajstić information content (AvgIpc) is 2.76. The number of rotatable bonds is 4. The molecule has 1 aromatic carbocycles. The van der Waals surface area contributed by atoms with Crippen LogP contribution >= 0.6 is 0 Å². The Labute approximate surface area is 102 Å². The summed E-state index contributed by atoms with van der Waals surface area (Å²) in [6, 6.07) is 8.50. The first-order chi connectivity index (χ1) is 8.16. The molecule has 0 atom stereocenters. The first-order valence-electron chi connectivity index (χ1n) is 5.87. The third-order valence-corrected chi connectivity index (χ3v) is 2.71. The summed E-state index contributed by atoms with van der Waals surface area (Å²) in [5, 5.41) is 0. The minimum atomic E-state index is 0.411. The lowest BCUT2D eigenvalue weighted by Crippen LogP contribution is -2.07. The van der Waals surface area contributed by atoms with Gasteiger partial charge in [-0.15, -0.1) is 0 Å². The van der Waals surface area contributed by atoms with E-state index >= 15 is 0 Å². The zero-order chi connectivity index (χ0) is 12.3. The minimum Gasteiger partial charge on any atom is -0.487 e. The van der Waals surface area contributed by atoms with E-state index in [4.69, 9.17) is 4.74 Å². The van der Waals surface area contributed by atoms with Crippen molar-refractivity contribution in [2.45, 2.75) is 33.4 Å². The van der Waals surface area contributed by atoms with Gasteiger partial charge in [-0.2, -0.15) is 0 Å². The van der Waals surface area contributed by atoms with Gasteiger partial charge in [0.25, 0.3) is 0 Å². The van der Waals surface area contributed by atoms with Gasteiger partial charge in [0.15, 0.2) is 0 Å². The summed E-state index contributed by atoms with van der Waals surface area (Å²) in [5.74, 6) is 0.895. The topological polar surface area (TPSA) is 27.1 Å². The zero-order valence-electron chi connectivity index (χ0n) is 10.6. The maximum absolute atomic E-state index is 5.74. The molecule has 0 aliphatic heterocycles. The van der Waals surface area contributed by atoms with Gasteiger partial charge in [0, 0.05) is 6.04 Å². The summed E-state index contributed by atoms with van der Waals surface area (Å²) in [4.78, 5) is 4.15. The lowest BCUT2D eigenvalue weighted by molar-refractivity contribution is 0.292. The maximum Gasteiger partial charge on any atom is 0.130 e. The van der Waals surface area contributed by atoms with Gasteiger partial charge in [-0.05, 0) is 32.9 Å². The fourth-order valence-electron chi connectivity index (χ4n) is 1.70. The molecule has 0 radical (unpaired) electrons. The summed E-state index contributed by atoms with van der Waals surface area (Å²) in [5.41, 5.74) is 2.34. The molecule has 1 aromatic heterocycles. The second kappa shape index (κ2) is 5.04. The van der Waals surface area contributed by atoms with Crippen molar-refractivity contribution in [3.05, 3.63) is 48.0 Å². The van der Waals surface area contributed by atoms with E-state index in [-0.39, 0.29) is 0 Å². The highest BCUT2D eigenvalue weighted by Crippen LogP contribution is 2.15. The molecule has 0 aliphatic carbocycles. The van der Waals surface area contributed by atoms with Crippen LogP contribution in [0.3, 0.4) is 0 Å². The van der Waals surface area contributed by atoms with Crippen LogP contribution < -0.4 is 4.74 Å². The van der Waals surface area contributed by atoms with E-state index in [1.54, 1.807) is 0 Å². The SMILES string of the molecule is Cc1ccc(OCc2cncn2C(C)C)cc1. The maximum atomic E-state index is 5.74. The monoisotopic (exact) mass is 230 g/mol. The lowest BCUT2D eigenvalue weighted by atomic mass is 10.2. The molecule has 0 N–H and O–H groups in total. The molecule has 2 aromatic rings. The highest BCUT2D eigenvalue weighted by molar-refractivity contribution is 5.26. The molecule has 3 nitrogen and oxygen atoms in total.